The number of aromatic nitrogens is 2. The summed E-state index contributed by atoms with van der Waals surface area (Å²) in [4.78, 5) is 0.0519. The smallest absolute Gasteiger partial charge is 0.229 e. The van der Waals surface area contributed by atoms with Crippen LogP contribution in [-0.2, 0) is 9.84 Å². The predicted molar refractivity (Wildman–Crippen MR) is 116 cm³/mol. The number of hydrazine groups is 1. The first-order chi connectivity index (χ1) is 14.5. The van der Waals surface area contributed by atoms with Crippen LogP contribution in [0.25, 0.3) is 5.69 Å². The summed E-state index contributed by atoms with van der Waals surface area (Å²) in [6, 6.07) is 24.5. The minimum Gasteiger partial charge on any atom is -0.502 e. The van der Waals surface area contributed by atoms with E-state index in [1.165, 1.54) is 16.8 Å². The Balaban J connectivity index is 1.79. The topological polar surface area (TPSA) is 96.2 Å². The van der Waals surface area contributed by atoms with Crippen LogP contribution in [0.1, 0.15) is 5.56 Å². The zero-order valence-electron chi connectivity index (χ0n) is 16.1. The van der Waals surface area contributed by atoms with Crippen LogP contribution in [-0.4, -0.2) is 23.3 Å². The van der Waals surface area contributed by atoms with Crippen LogP contribution in [0.5, 0.6) is 5.75 Å². The SMILES string of the molecule is Cc1ccc(NNc2c(O)c(S(=O)(=O)c3ccccc3)nn2-c2ccccc2)cc1. The fourth-order valence-corrected chi connectivity index (χ4v) is 4.20. The van der Waals surface area contributed by atoms with E-state index in [1.807, 2.05) is 37.3 Å². The second-order valence-corrected chi connectivity index (χ2v) is 8.55. The zero-order valence-corrected chi connectivity index (χ0v) is 17.0. The fourth-order valence-electron chi connectivity index (χ4n) is 2.92. The Morgan fingerprint density at radius 3 is 2.07 bits per heavy atom. The molecule has 0 spiro atoms. The maximum Gasteiger partial charge on any atom is 0.229 e. The summed E-state index contributed by atoms with van der Waals surface area (Å²) in [7, 11) is -4.02. The number of benzene rings is 3. The molecule has 4 rings (SSSR count). The number of hydrogen-bond donors (Lipinski definition) is 3. The third-order valence-corrected chi connectivity index (χ3v) is 6.19. The highest BCUT2D eigenvalue weighted by Gasteiger charge is 2.30. The van der Waals surface area contributed by atoms with Crippen molar-refractivity contribution in [1.82, 2.24) is 9.78 Å². The molecule has 1 heterocycles. The second-order valence-electron chi connectivity index (χ2n) is 6.68. The lowest BCUT2D eigenvalue weighted by Gasteiger charge is -2.12. The van der Waals surface area contributed by atoms with Gasteiger partial charge in [0.15, 0.2) is 11.6 Å². The number of aromatic hydroxyl groups is 1. The van der Waals surface area contributed by atoms with Crippen molar-refractivity contribution in [2.75, 3.05) is 10.9 Å². The number of rotatable bonds is 6. The van der Waals surface area contributed by atoms with Crippen molar-refractivity contribution in [1.29, 1.82) is 0 Å². The molecule has 0 aliphatic carbocycles. The standard InChI is InChI=1S/C22H20N4O3S/c1-16-12-14-17(15-13-16)23-24-21-20(27)22(25-26(21)18-8-4-2-5-9-18)30(28,29)19-10-6-3-7-11-19/h2-15,23-24,27H,1H3. The van der Waals surface area contributed by atoms with Gasteiger partial charge in [-0.05, 0) is 43.3 Å². The molecule has 7 nitrogen and oxygen atoms in total. The molecular weight excluding hydrogens is 400 g/mol. The van der Waals surface area contributed by atoms with E-state index in [2.05, 4.69) is 16.0 Å². The lowest BCUT2D eigenvalue weighted by Crippen LogP contribution is -2.13. The number of sulfone groups is 1. The Morgan fingerprint density at radius 1 is 0.833 bits per heavy atom. The van der Waals surface area contributed by atoms with Crippen LogP contribution < -0.4 is 10.9 Å². The number of nitrogens with zero attached hydrogens (tertiary/aromatic N) is 2. The average molecular weight is 420 g/mol. The van der Waals surface area contributed by atoms with Gasteiger partial charge >= 0.3 is 0 Å². The quantitative estimate of drug-likeness (QED) is 0.406. The highest BCUT2D eigenvalue weighted by atomic mass is 32.2. The molecule has 1 aromatic heterocycles. The van der Waals surface area contributed by atoms with E-state index in [1.54, 1.807) is 42.5 Å². The molecule has 0 unspecified atom stereocenters. The van der Waals surface area contributed by atoms with Crippen molar-refractivity contribution in [3.05, 3.63) is 90.5 Å². The average Bonchev–Trinajstić information content (AvgIpc) is 3.11. The molecule has 152 valence electrons. The summed E-state index contributed by atoms with van der Waals surface area (Å²) >= 11 is 0. The molecule has 0 aliphatic heterocycles. The van der Waals surface area contributed by atoms with Crippen molar-refractivity contribution < 1.29 is 13.5 Å². The Labute approximate surface area is 174 Å². The van der Waals surface area contributed by atoms with E-state index in [0.717, 1.165) is 11.3 Å². The van der Waals surface area contributed by atoms with E-state index in [4.69, 9.17) is 0 Å². The number of para-hydroxylation sites is 1. The third kappa shape index (κ3) is 3.72. The van der Waals surface area contributed by atoms with E-state index in [0.29, 0.717) is 5.69 Å². The maximum atomic E-state index is 13.1. The van der Waals surface area contributed by atoms with Gasteiger partial charge in [-0.1, -0.05) is 54.1 Å². The fraction of sp³-hybridized carbons (Fsp3) is 0.0455. The molecule has 0 aliphatic rings. The lowest BCUT2D eigenvalue weighted by atomic mass is 10.2. The summed E-state index contributed by atoms with van der Waals surface area (Å²) < 4.78 is 27.5. The van der Waals surface area contributed by atoms with Crippen molar-refractivity contribution in [3.63, 3.8) is 0 Å². The van der Waals surface area contributed by atoms with Crippen molar-refractivity contribution >= 4 is 21.3 Å². The monoisotopic (exact) mass is 420 g/mol. The van der Waals surface area contributed by atoms with Gasteiger partial charge in [0.1, 0.15) is 0 Å². The summed E-state index contributed by atoms with van der Waals surface area (Å²) in [5.74, 6) is -0.362. The Morgan fingerprint density at radius 2 is 1.43 bits per heavy atom. The minimum absolute atomic E-state index is 0.0519. The molecule has 3 aromatic carbocycles. The molecule has 0 atom stereocenters. The van der Waals surface area contributed by atoms with Crippen LogP contribution >= 0.6 is 0 Å². The molecule has 0 bridgehead atoms. The molecule has 0 saturated carbocycles. The summed E-state index contributed by atoms with van der Waals surface area (Å²) in [5, 5.41) is 14.6. The molecular formula is C22H20N4O3S. The predicted octanol–water partition coefficient (Wildman–Crippen LogP) is 4.16. The van der Waals surface area contributed by atoms with Gasteiger partial charge in [-0.2, -0.15) is 0 Å². The second kappa shape index (κ2) is 7.92. The van der Waals surface area contributed by atoms with Crippen molar-refractivity contribution in [2.45, 2.75) is 16.8 Å². The lowest BCUT2D eigenvalue weighted by molar-refractivity contribution is 0.460. The van der Waals surface area contributed by atoms with E-state index in [-0.39, 0.29) is 10.7 Å². The van der Waals surface area contributed by atoms with Crippen LogP contribution in [0.3, 0.4) is 0 Å². The van der Waals surface area contributed by atoms with E-state index < -0.39 is 20.6 Å². The zero-order chi connectivity index (χ0) is 21.1. The normalized spacial score (nSPS) is 11.2. The van der Waals surface area contributed by atoms with Crippen LogP contribution in [0.4, 0.5) is 11.5 Å². The summed E-state index contributed by atoms with van der Waals surface area (Å²) in [6.45, 7) is 1.98. The van der Waals surface area contributed by atoms with Gasteiger partial charge in [-0.25, -0.2) is 13.1 Å². The number of hydrogen-bond acceptors (Lipinski definition) is 6. The Bertz CT molecular complexity index is 1250. The number of nitrogens with one attached hydrogen (secondary N) is 2. The summed E-state index contributed by atoms with van der Waals surface area (Å²) in [6.07, 6.45) is 0. The van der Waals surface area contributed by atoms with Gasteiger partial charge < -0.3 is 5.11 Å². The number of anilines is 2. The Hall–Kier alpha value is -3.78. The van der Waals surface area contributed by atoms with Crippen LogP contribution in [0.15, 0.2) is 94.9 Å². The molecule has 8 heteroatoms. The van der Waals surface area contributed by atoms with E-state index in [9.17, 15) is 13.5 Å². The minimum atomic E-state index is -4.02. The van der Waals surface area contributed by atoms with Gasteiger partial charge in [0.2, 0.25) is 14.9 Å². The highest BCUT2D eigenvalue weighted by Crippen LogP contribution is 2.36. The largest absolute Gasteiger partial charge is 0.502 e. The van der Waals surface area contributed by atoms with Crippen LogP contribution in [0, 0.1) is 6.92 Å². The maximum absolute atomic E-state index is 13.1. The van der Waals surface area contributed by atoms with Crippen LogP contribution in [0.2, 0.25) is 0 Å². The van der Waals surface area contributed by atoms with Gasteiger partial charge in [0.25, 0.3) is 0 Å². The first kappa shape index (κ1) is 19.5. The van der Waals surface area contributed by atoms with Gasteiger partial charge in [0, 0.05) is 0 Å². The van der Waals surface area contributed by atoms with Gasteiger partial charge in [0.05, 0.1) is 16.3 Å². The first-order valence-electron chi connectivity index (χ1n) is 9.23. The molecule has 0 fully saturated rings. The Kier molecular flexibility index (Phi) is 5.16. The first-order valence-corrected chi connectivity index (χ1v) is 10.7. The number of aryl methyl sites for hydroxylation is 1. The van der Waals surface area contributed by atoms with Gasteiger partial charge in [-0.3, -0.25) is 10.9 Å². The molecule has 0 amide bonds. The summed E-state index contributed by atoms with van der Waals surface area (Å²) in [5.41, 5.74) is 8.32. The van der Waals surface area contributed by atoms with Crippen molar-refractivity contribution in [2.24, 2.45) is 0 Å². The molecule has 3 N–H and O–H groups in total. The highest BCUT2D eigenvalue weighted by molar-refractivity contribution is 7.91. The van der Waals surface area contributed by atoms with Gasteiger partial charge in [-0.15, -0.1) is 5.10 Å². The van der Waals surface area contributed by atoms with E-state index >= 15 is 0 Å². The molecule has 30 heavy (non-hydrogen) atoms. The molecule has 0 radical (unpaired) electrons. The molecule has 4 aromatic rings. The van der Waals surface area contributed by atoms with Crippen molar-refractivity contribution in [3.8, 4) is 11.4 Å². The molecule has 0 saturated heterocycles. The third-order valence-electron chi connectivity index (χ3n) is 4.52.